The van der Waals surface area contributed by atoms with Crippen LogP contribution in [0.3, 0.4) is 0 Å². The maximum atomic E-state index is 12.1. The van der Waals surface area contributed by atoms with Gasteiger partial charge in [0.05, 0.1) is 5.75 Å². The van der Waals surface area contributed by atoms with Gasteiger partial charge in [-0.15, -0.1) is 0 Å². The number of hydrogen-bond donors (Lipinski definition) is 2. The van der Waals surface area contributed by atoms with Crippen LogP contribution in [0.25, 0.3) is 0 Å². The second kappa shape index (κ2) is 7.73. The van der Waals surface area contributed by atoms with Crippen molar-refractivity contribution in [2.75, 3.05) is 38.5 Å². The Hall–Kier alpha value is -0.170. The summed E-state index contributed by atoms with van der Waals surface area (Å²) in [6, 6.07) is 0.397. The zero-order valence-corrected chi connectivity index (χ0v) is 13.4. The molecule has 0 spiro atoms. The van der Waals surface area contributed by atoms with E-state index in [1.165, 1.54) is 6.42 Å². The van der Waals surface area contributed by atoms with Crippen molar-refractivity contribution in [2.24, 2.45) is 5.92 Å². The Labute approximate surface area is 123 Å². The quantitative estimate of drug-likeness (QED) is 0.730. The van der Waals surface area contributed by atoms with Gasteiger partial charge < -0.3 is 5.32 Å². The molecule has 2 saturated heterocycles. The van der Waals surface area contributed by atoms with Crippen LogP contribution < -0.4 is 10.0 Å². The molecule has 2 aliphatic heterocycles. The first-order valence-corrected chi connectivity index (χ1v) is 9.68. The van der Waals surface area contributed by atoms with E-state index in [2.05, 4.69) is 21.9 Å². The first kappa shape index (κ1) is 16.2. The smallest absolute Gasteiger partial charge is 0.211 e. The summed E-state index contributed by atoms with van der Waals surface area (Å²) in [6.07, 6.45) is 5.34. The number of likely N-dealkylation sites (N-methyl/N-ethyl adjacent to an activating group) is 1. The van der Waals surface area contributed by atoms with Crippen LogP contribution in [0.4, 0.5) is 0 Å². The van der Waals surface area contributed by atoms with E-state index < -0.39 is 10.0 Å². The first-order chi connectivity index (χ1) is 9.61. The molecule has 1 atom stereocenters. The molecule has 2 aliphatic rings. The molecule has 20 heavy (non-hydrogen) atoms. The van der Waals surface area contributed by atoms with Crippen LogP contribution in [0.2, 0.25) is 0 Å². The molecule has 0 bridgehead atoms. The summed E-state index contributed by atoms with van der Waals surface area (Å²) in [7, 11) is -3.10. The number of nitrogens with zero attached hydrogens (tertiary/aromatic N) is 1. The lowest BCUT2D eigenvalue weighted by Crippen LogP contribution is -2.41. The zero-order chi connectivity index (χ0) is 14.4. The van der Waals surface area contributed by atoms with Gasteiger partial charge in [-0.2, -0.15) is 0 Å². The first-order valence-electron chi connectivity index (χ1n) is 8.03. The summed E-state index contributed by atoms with van der Waals surface area (Å²) in [5, 5.41) is 3.31. The minimum absolute atomic E-state index is 0.288. The van der Waals surface area contributed by atoms with Crippen LogP contribution in [0.15, 0.2) is 0 Å². The molecule has 2 heterocycles. The molecule has 5 nitrogen and oxygen atoms in total. The van der Waals surface area contributed by atoms with Crippen LogP contribution in [-0.2, 0) is 10.0 Å². The third-order valence-electron chi connectivity index (χ3n) is 4.70. The molecule has 1 unspecified atom stereocenters. The number of hydrogen-bond acceptors (Lipinski definition) is 4. The second-order valence-corrected chi connectivity index (χ2v) is 8.00. The Balaban J connectivity index is 1.70. The maximum Gasteiger partial charge on any atom is 0.211 e. The van der Waals surface area contributed by atoms with Gasteiger partial charge in [0.1, 0.15) is 0 Å². The molecule has 6 heteroatoms. The molecule has 0 aliphatic carbocycles. The summed E-state index contributed by atoms with van der Waals surface area (Å²) in [5.74, 6) is 0.864. The van der Waals surface area contributed by atoms with Crippen LogP contribution in [0.5, 0.6) is 0 Å². The van der Waals surface area contributed by atoms with Gasteiger partial charge in [-0.1, -0.05) is 6.92 Å². The van der Waals surface area contributed by atoms with E-state index in [0.29, 0.717) is 18.5 Å². The highest BCUT2D eigenvalue weighted by atomic mass is 32.2. The Morgan fingerprint density at radius 1 is 1.25 bits per heavy atom. The highest BCUT2D eigenvalue weighted by Crippen LogP contribution is 2.18. The highest BCUT2D eigenvalue weighted by molar-refractivity contribution is 7.89. The van der Waals surface area contributed by atoms with Gasteiger partial charge in [-0.05, 0) is 64.2 Å². The minimum Gasteiger partial charge on any atom is -0.317 e. The van der Waals surface area contributed by atoms with Crippen molar-refractivity contribution in [1.82, 2.24) is 14.9 Å². The van der Waals surface area contributed by atoms with Gasteiger partial charge >= 0.3 is 0 Å². The molecular weight excluding hydrogens is 274 g/mol. The van der Waals surface area contributed by atoms with Crippen molar-refractivity contribution in [3.63, 3.8) is 0 Å². The lowest BCUT2D eigenvalue weighted by atomic mass is 9.96. The topological polar surface area (TPSA) is 61.4 Å². The van der Waals surface area contributed by atoms with Crippen LogP contribution in [-0.4, -0.2) is 57.8 Å². The highest BCUT2D eigenvalue weighted by Gasteiger charge is 2.25. The van der Waals surface area contributed by atoms with Gasteiger partial charge in [-0.3, -0.25) is 4.90 Å². The van der Waals surface area contributed by atoms with Crippen LogP contribution in [0.1, 0.15) is 39.0 Å². The van der Waals surface area contributed by atoms with Gasteiger partial charge in [0, 0.05) is 12.6 Å². The summed E-state index contributed by atoms with van der Waals surface area (Å²) < 4.78 is 27.0. The van der Waals surface area contributed by atoms with Crippen molar-refractivity contribution in [3.05, 3.63) is 0 Å². The second-order valence-electron chi connectivity index (χ2n) is 6.07. The zero-order valence-electron chi connectivity index (χ0n) is 12.6. The average molecular weight is 303 g/mol. The van der Waals surface area contributed by atoms with Gasteiger partial charge in [0.15, 0.2) is 0 Å². The van der Waals surface area contributed by atoms with Crippen LogP contribution in [0, 0.1) is 5.92 Å². The van der Waals surface area contributed by atoms with E-state index in [0.717, 1.165) is 51.9 Å². The van der Waals surface area contributed by atoms with Crippen molar-refractivity contribution in [1.29, 1.82) is 0 Å². The molecule has 0 aromatic heterocycles. The number of rotatable bonds is 7. The number of sulfonamides is 1. The lowest BCUT2D eigenvalue weighted by Gasteiger charge is -2.24. The van der Waals surface area contributed by atoms with E-state index in [-0.39, 0.29) is 5.75 Å². The maximum absolute atomic E-state index is 12.1. The molecule has 118 valence electrons. The Kier molecular flexibility index (Phi) is 6.26. The number of piperidine rings is 1. The largest absolute Gasteiger partial charge is 0.317 e. The van der Waals surface area contributed by atoms with Crippen molar-refractivity contribution >= 4 is 10.0 Å². The monoisotopic (exact) mass is 303 g/mol. The molecule has 0 radical (unpaired) electrons. The van der Waals surface area contributed by atoms with Crippen LogP contribution >= 0.6 is 0 Å². The average Bonchev–Trinajstić information content (AvgIpc) is 2.92. The Bertz CT molecular complexity index is 380. The fourth-order valence-corrected chi connectivity index (χ4v) is 4.56. The standard InChI is InChI=1S/C14H29N3O2S/c1-2-17-10-3-4-14(17)12-16-20(18,19)11-7-13-5-8-15-9-6-13/h13-16H,2-12H2,1H3. The van der Waals surface area contributed by atoms with E-state index in [1.54, 1.807) is 0 Å². The molecule has 2 N–H and O–H groups in total. The minimum atomic E-state index is -3.10. The Morgan fingerprint density at radius 2 is 2.00 bits per heavy atom. The summed E-state index contributed by atoms with van der Waals surface area (Å²) in [5.41, 5.74) is 0. The Morgan fingerprint density at radius 3 is 2.70 bits per heavy atom. The summed E-state index contributed by atoms with van der Waals surface area (Å²) in [6.45, 7) is 6.92. The van der Waals surface area contributed by atoms with E-state index in [9.17, 15) is 8.42 Å². The molecular formula is C14H29N3O2S. The molecule has 0 aromatic rings. The molecule has 0 aromatic carbocycles. The van der Waals surface area contributed by atoms with Crippen molar-refractivity contribution < 1.29 is 8.42 Å². The van der Waals surface area contributed by atoms with E-state index >= 15 is 0 Å². The van der Waals surface area contributed by atoms with Gasteiger partial charge in [0.25, 0.3) is 0 Å². The van der Waals surface area contributed by atoms with Crippen molar-refractivity contribution in [3.8, 4) is 0 Å². The van der Waals surface area contributed by atoms with E-state index in [4.69, 9.17) is 0 Å². The number of nitrogens with one attached hydrogen (secondary N) is 2. The molecule has 2 fully saturated rings. The van der Waals surface area contributed by atoms with Gasteiger partial charge in [-0.25, -0.2) is 13.1 Å². The fraction of sp³-hybridized carbons (Fsp3) is 1.00. The third kappa shape index (κ3) is 4.98. The summed E-state index contributed by atoms with van der Waals surface area (Å²) in [4.78, 5) is 2.37. The molecule has 0 saturated carbocycles. The predicted molar refractivity (Wildman–Crippen MR) is 82.3 cm³/mol. The normalized spacial score (nSPS) is 26.1. The fourth-order valence-electron chi connectivity index (χ4n) is 3.33. The third-order valence-corrected chi connectivity index (χ3v) is 6.08. The van der Waals surface area contributed by atoms with Crippen molar-refractivity contribution in [2.45, 2.75) is 45.1 Å². The SMILES string of the molecule is CCN1CCCC1CNS(=O)(=O)CCC1CCNCC1. The number of likely N-dealkylation sites (tertiary alicyclic amines) is 1. The molecule has 2 rings (SSSR count). The lowest BCUT2D eigenvalue weighted by molar-refractivity contribution is 0.268. The molecule has 0 amide bonds. The van der Waals surface area contributed by atoms with E-state index in [1.807, 2.05) is 0 Å². The summed E-state index contributed by atoms with van der Waals surface area (Å²) >= 11 is 0. The van der Waals surface area contributed by atoms with Gasteiger partial charge in [0.2, 0.25) is 10.0 Å². The predicted octanol–water partition coefficient (Wildman–Crippen LogP) is 0.780.